The normalized spacial score (nSPS) is 29.2. The Balaban J connectivity index is 2.47. The van der Waals surface area contributed by atoms with Gasteiger partial charge in [0.15, 0.2) is 0 Å². The van der Waals surface area contributed by atoms with Crippen molar-refractivity contribution in [2.75, 3.05) is 40.3 Å². The van der Waals surface area contributed by atoms with E-state index >= 15 is 0 Å². The number of nitrogens with two attached hydrogens (primary N) is 1. The van der Waals surface area contributed by atoms with Crippen LogP contribution < -0.4 is 5.73 Å². The molecule has 0 spiro atoms. The Morgan fingerprint density at radius 1 is 1.22 bits per heavy atom. The van der Waals surface area contributed by atoms with Crippen LogP contribution in [0.25, 0.3) is 0 Å². The number of hydrogen-bond acceptors (Lipinski definition) is 3. The summed E-state index contributed by atoms with van der Waals surface area (Å²) in [4.78, 5) is 4.83. The third-order valence-electron chi connectivity index (χ3n) is 4.07. The van der Waals surface area contributed by atoms with E-state index in [4.69, 9.17) is 5.73 Å². The average molecular weight is 255 g/mol. The van der Waals surface area contributed by atoms with Crippen LogP contribution in [0.3, 0.4) is 0 Å². The average Bonchev–Trinajstić information content (AvgIpc) is 2.25. The predicted molar refractivity (Wildman–Crippen MR) is 79.8 cm³/mol. The first kappa shape index (κ1) is 15.9. The van der Waals surface area contributed by atoms with Crippen molar-refractivity contribution in [2.45, 2.75) is 51.5 Å². The minimum atomic E-state index is 0.0686. The fraction of sp³-hybridized carbons (Fsp3) is 1.00. The van der Waals surface area contributed by atoms with Crippen LogP contribution in [-0.2, 0) is 0 Å². The first-order chi connectivity index (χ1) is 8.45. The van der Waals surface area contributed by atoms with E-state index in [1.54, 1.807) is 0 Å². The topological polar surface area (TPSA) is 32.5 Å². The van der Waals surface area contributed by atoms with Gasteiger partial charge >= 0.3 is 0 Å². The van der Waals surface area contributed by atoms with E-state index in [9.17, 15) is 0 Å². The van der Waals surface area contributed by atoms with Crippen LogP contribution in [0.15, 0.2) is 0 Å². The van der Waals surface area contributed by atoms with Crippen molar-refractivity contribution < 1.29 is 0 Å². The molecular weight excluding hydrogens is 222 g/mol. The standard InChI is InChI=1S/C15H33N3/c1-5-9-18(11-10-17(3)4)13-15(16)8-6-7-14(2)12-15/h14H,5-13,16H2,1-4H3. The molecule has 108 valence electrons. The van der Waals surface area contributed by atoms with E-state index in [1.165, 1.54) is 38.6 Å². The molecule has 0 aliphatic heterocycles. The Kier molecular flexibility index (Phi) is 6.61. The monoisotopic (exact) mass is 255 g/mol. The highest BCUT2D eigenvalue weighted by molar-refractivity contribution is 4.92. The van der Waals surface area contributed by atoms with E-state index in [2.05, 4.69) is 37.7 Å². The van der Waals surface area contributed by atoms with Gasteiger partial charge in [0.25, 0.3) is 0 Å². The van der Waals surface area contributed by atoms with Crippen molar-refractivity contribution in [2.24, 2.45) is 11.7 Å². The summed E-state index contributed by atoms with van der Waals surface area (Å²) < 4.78 is 0. The lowest BCUT2D eigenvalue weighted by atomic mass is 9.77. The minimum absolute atomic E-state index is 0.0686. The van der Waals surface area contributed by atoms with Crippen LogP contribution in [0.2, 0.25) is 0 Å². The molecule has 1 fully saturated rings. The highest BCUT2D eigenvalue weighted by Gasteiger charge is 2.32. The number of nitrogens with zero attached hydrogens (tertiary/aromatic N) is 2. The molecule has 1 rings (SSSR count). The zero-order valence-electron chi connectivity index (χ0n) is 12.9. The fourth-order valence-corrected chi connectivity index (χ4v) is 3.22. The van der Waals surface area contributed by atoms with Gasteiger partial charge in [0.1, 0.15) is 0 Å². The van der Waals surface area contributed by atoms with Crippen LogP contribution in [0, 0.1) is 5.92 Å². The van der Waals surface area contributed by atoms with Gasteiger partial charge in [0.2, 0.25) is 0 Å². The Morgan fingerprint density at radius 2 is 1.94 bits per heavy atom. The van der Waals surface area contributed by atoms with E-state index < -0.39 is 0 Å². The molecule has 3 nitrogen and oxygen atoms in total. The van der Waals surface area contributed by atoms with Crippen molar-refractivity contribution in [1.82, 2.24) is 9.80 Å². The van der Waals surface area contributed by atoms with Crippen molar-refractivity contribution in [3.63, 3.8) is 0 Å². The second-order valence-electron chi connectivity index (χ2n) is 6.64. The molecular formula is C15H33N3. The summed E-state index contributed by atoms with van der Waals surface area (Å²) in [5, 5.41) is 0. The van der Waals surface area contributed by atoms with Gasteiger partial charge in [-0.1, -0.05) is 26.7 Å². The van der Waals surface area contributed by atoms with Crippen molar-refractivity contribution in [3.05, 3.63) is 0 Å². The van der Waals surface area contributed by atoms with Gasteiger partial charge in [-0.3, -0.25) is 0 Å². The van der Waals surface area contributed by atoms with Gasteiger partial charge in [-0.25, -0.2) is 0 Å². The third-order valence-corrected chi connectivity index (χ3v) is 4.07. The molecule has 1 saturated carbocycles. The molecule has 0 heterocycles. The zero-order valence-corrected chi connectivity index (χ0v) is 12.9. The van der Waals surface area contributed by atoms with Gasteiger partial charge in [-0.05, 0) is 45.8 Å². The van der Waals surface area contributed by atoms with Gasteiger partial charge < -0.3 is 15.5 Å². The Hall–Kier alpha value is -0.120. The molecule has 1 aliphatic carbocycles. The van der Waals surface area contributed by atoms with Crippen molar-refractivity contribution >= 4 is 0 Å². The maximum atomic E-state index is 6.63. The van der Waals surface area contributed by atoms with Crippen LogP contribution in [0.5, 0.6) is 0 Å². The first-order valence-corrected chi connectivity index (χ1v) is 7.61. The molecule has 0 amide bonds. The lowest BCUT2D eigenvalue weighted by molar-refractivity contribution is 0.142. The molecule has 2 unspecified atom stereocenters. The Morgan fingerprint density at radius 3 is 2.50 bits per heavy atom. The van der Waals surface area contributed by atoms with Gasteiger partial charge in [-0.15, -0.1) is 0 Å². The molecule has 0 radical (unpaired) electrons. The van der Waals surface area contributed by atoms with Crippen LogP contribution in [0.4, 0.5) is 0 Å². The highest BCUT2D eigenvalue weighted by atomic mass is 15.2. The SMILES string of the molecule is CCCN(CCN(C)C)CC1(N)CCCC(C)C1. The molecule has 2 atom stereocenters. The molecule has 0 bridgehead atoms. The summed E-state index contributed by atoms with van der Waals surface area (Å²) in [7, 11) is 4.29. The molecule has 18 heavy (non-hydrogen) atoms. The second-order valence-corrected chi connectivity index (χ2v) is 6.64. The smallest absolute Gasteiger partial charge is 0.0285 e. The Bertz CT molecular complexity index is 230. The van der Waals surface area contributed by atoms with E-state index in [-0.39, 0.29) is 5.54 Å². The van der Waals surface area contributed by atoms with Gasteiger partial charge in [0.05, 0.1) is 0 Å². The summed E-state index contributed by atoms with van der Waals surface area (Å²) in [6.07, 6.45) is 6.31. The molecule has 2 N–H and O–H groups in total. The largest absolute Gasteiger partial charge is 0.324 e. The summed E-state index contributed by atoms with van der Waals surface area (Å²) in [6, 6.07) is 0. The molecule has 3 heteroatoms. The molecule has 0 aromatic carbocycles. The summed E-state index contributed by atoms with van der Waals surface area (Å²) in [5.41, 5.74) is 6.70. The number of hydrogen-bond donors (Lipinski definition) is 1. The highest BCUT2D eigenvalue weighted by Crippen LogP contribution is 2.31. The minimum Gasteiger partial charge on any atom is -0.324 e. The van der Waals surface area contributed by atoms with Gasteiger partial charge in [-0.2, -0.15) is 0 Å². The fourth-order valence-electron chi connectivity index (χ4n) is 3.22. The zero-order chi connectivity index (χ0) is 13.6. The predicted octanol–water partition coefficient (Wildman–Crippen LogP) is 2.17. The van der Waals surface area contributed by atoms with Crippen molar-refractivity contribution in [1.29, 1.82) is 0 Å². The quantitative estimate of drug-likeness (QED) is 0.757. The maximum absolute atomic E-state index is 6.63. The lowest BCUT2D eigenvalue weighted by Crippen LogP contribution is -2.53. The maximum Gasteiger partial charge on any atom is 0.0285 e. The van der Waals surface area contributed by atoms with E-state index in [0.29, 0.717) is 0 Å². The Labute approximate surface area is 114 Å². The second kappa shape index (κ2) is 7.46. The van der Waals surface area contributed by atoms with Crippen LogP contribution in [-0.4, -0.2) is 55.6 Å². The van der Waals surface area contributed by atoms with E-state index in [1.807, 2.05) is 0 Å². The number of likely N-dealkylation sites (N-methyl/N-ethyl adjacent to an activating group) is 1. The van der Waals surface area contributed by atoms with Crippen LogP contribution in [0.1, 0.15) is 46.0 Å². The molecule has 0 aromatic rings. The lowest BCUT2D eigenvalue weighted by Gasteiger charge is -2.40. The van der Waals surface area contributed by atoms with Crippen molar-refractivity contribution in [3.8, 4) is 0 Å². The first-order valence-electron chi connectivity index (χ1n) is 7.61. The molecule has 0 aromatic heterocycles. The number of rotatable bonds is 7. The van der Waals surface area contributed by atoms with Crippen LogP contribution >= 0.6 is 0 Å². The van der Waals surface area contributed by atoms with E-state index in [0.717, 1.165) is 25.6 Å². The summed E-state index contributed by atoms with van der Waals surface area (Å²) in [6.45, 7) is 9.15. The van der Waals surface area contributed by atoms with Gasteiger partial charge in [0, 0.05) is 25.2 Å². The summed E-state index contributed by atoms with van der Waals surface area (Å²) in [5.74, 6) is 0.807. The summed E-state index contributed by atoms with van der Waals surface area (Å²) >= 11 is 0. The third kappa shape index (κ3) is 5.68. The molecule has 1 aliphatic rings. The molecule has 0 saturated heterocycles.